The van der Waals surface area contributed by atoms with E-state index in [2.05, 4.69) is 15.9 Å². The zero-order valence-corrected chi connectivity index (χ0v) is 12.1. The fourth-order valence-corrected chi connectivity index (χ4v) is 2.14. The van der Waals surface area contributed by atoms with E-state index in [1.165, 1.54) is 24.3 Å². The number of nitrogens with one attached hydrogen (secondary N) is 1. The Labute approximate surface area is 127 Å². The van der Waals surface area contributed by atoms with E-state index in [4.69, 9.17) is 15.9 Å². The van der Waals surface area contributed by atoms with Gasteiger partial charge in [0.05, 0.1) is 15.0 Å². The maximum atomic E-state index is 13.7. The van der Waals surface area contributed by atoms with Crippen LogP contribution in [0.3, 0.4) is 0 Å². The van der Waals surface area contributed by atoms with Crippen LogP contribution in [-0.2, 0) is 0 Å². The summed E-state index contributed by atoms with van der Waals surface area (Å²) in [5, 5.41) is 18.4. The predicted octanol–water partition coefficient (Wildman–Crippen LogP) is 3.57. The van der Waals surface area contributed by atoms with Gasteiger partial charge in [-0.3, -0.25) is 15.5 Å². The lowest BCUT2D eigenvalue weighted by molar-refractivity contribution is -0.385. The summed E-state index contributed by atoms with van der Waals surface area (Å²) >= 11 is 3.14. The highest BCUT2D eigenvalue weighted by atomic mass is 79.9. The van der Waals surface area contributed by atoms with Gasteiger partial charge in [0, 0.05) is 6.07 Å². The number of ether oxygens (including phenoxy) is 1. The third-order valence-corrected chi connectivity index (χ3v) is 3.22. The zero-order chi connectivity index (χ0) is 15.6. The van der Waals surface area contributed by atoms with Crippen molar-refractivity contribution in [2.75, 3.05) is 0 Å². The molecule has 0 amide bonds. The van der Waals surface area contributed by atoms with E-state index < -0.39 is 16.6 Å². The number of amidine groups is 1. The number of nitrogens with zero attached hydrogens (tertiary/aromatic N) is 1. The SMILES string of the molecule is N=C(N)c1c(F)cccc1Oc1c(Br)cccc1[N+](=O)[O-]. The average Bonchev–Trinajstić information content (AvgIpc) is 2.40. The van der Waals surface area contributed by atoms with Crippen LogP contribution in [0.4, 0.5) is 10.1 Å². The van der Waals surface area contributed by atoms with Crippen LogP contribution in [0.25, 0.3) is 0 Å². The minimum Gasteiger partial charge on any atom is -0.448 e. The number of para-hydroxylation sites is 1. The zero-order valence-electron chi connectivity index (χ0n) is 10.5. The molecule has 0 aromatic heterocycles. The van der Waals surface area contributed by atoms with Gasteiger partial charge in [0.2, 0.25) is 5.75 Å². The van der Waals surface area contributed by atoms with Crippen molar-refractivity contribution in [1.82, 2.24) is 0 Å². The molecular weight excluding hydrogens is 345 g/mol. The highest BCUT2D eigenvalue weighted by Crippen LogP contribution is 2.39. The standard InChI is InChI=1S/C13H9BrFN3O3/c14-7-3-1-5-9(18(19)20)12(7)21-10-6-2-4-8(15)11(10)13(16)17/h1-6H,(H3,16,17). The molecule has 0 spiro atoms. The molecule has 0 aliphatic carbocycles. The molecule has 0 aliphatic heterocycles. The summed E-state index contributed by atoms with van der Waals surface area (Å²) in [6.45, 7) is 0. The molecule has 0 saturated carbocycles. The molecule has 0 saturated heterocycles. The van der Waals surface area contributed by atoms with Gasteiger partial charge >= 0.3 is 5.69 Å². The Hall–Kier alpha value is -2.48. The van der Waals surface area contributed by atoms with E-state index in [9.17, 15) is 14.5 Å². The van der Waals surface area contributed by atoms with Gasteiger partial charge in [-0.05, 0) is 34.1 Å². The van der Waals surface area contributed by atoms with Gasteiger partial charge in [-0.25, -0.2) is 4.39 Å². The first kappa shape index (κ1) is 14.9. The first-order chi connectivity index (χ1) is 9.91. The number of nitro benzene ring substituents is 1. The van der Waals surface area contributed by atoms with Crippen molar-refractivity contribution in [3.8, 4) is 11.5 Å². The van der Waals surface area contributed by atoms with Crippen molar-refractivity contribution in [2.24, 2.45) is 5.73 Å². The van der Waals surface area contributed by atoms with E-state index in [-0.39, 0.29) is 22.7 Å². The molecule has 0 aliphatic rings. The van der Waals surface area contributed by atoms with E-state index in [0.717, 1.165) is 6.07 Å². The summed E-state index contributed by atoms with van der Waals surface area (Å²) in [6, 6.07) is 8.15. The summed E-state index contributed by atoms with van der Waals surface area (Å²) in [7, 11) is 0. The number of nitrogen functional groups attached to an aromatic ring is 1. The monoisotopic (exact) mass is 353 g/mol. The summed E-state index contributed by atoms with van der Waals surface area (Å²) < 4.78 is 19.5. The average molecular weight is 354 g/mol. The molecule has 0 unspecified atom stereocenters. The molecule has 3 N–H and O–H groups in total. The lowest BCUT2D eigenvalue weighted by atomic mass is 10.1. The number of nitrogens with two attached hydrogens (primary N) is 1. The number of benzene rings is 2. The molecule has 108 valence electrons. The van der Waals surface area contributed by atoms with E-state index in [1.54, 1.807) is 6.07 Å². The second-order valence-corrected chi connectivity index (χ2v) is 4.83. The minimum absolute atomic E-state index is 0.0718. The minimum atomic E-state index is -0.741. The second-order valence-electron chi connectivity index (χ2n) is 3.97. The number of rotatable bonds is 4. The van der Waals surface area contributed by atoms with Gasteiger partial charge in [-0.1, -0.05) is 12.1 Å². The molecule has 21 heavy (non-hydrogen) atoms. The third kappa shape index (κ3) is 3.00. The molecule has 6 nitrogen and oxygen atoms in total. The third-order valence-electron chi connectivity index (χ3n) is 2.60. The Bertz CT molecular complexity index is 737. The summed E-state index contributed by atoms with van der Waals surface area (Å²) in [4.78, 5) is 10.4. The van der Waals surface area contributed by atoms with Gasteiger partial charge in [-0.15, -0.1) is 0 Å². The highest BCUT2D eigenvalue weighted by Gasteiger charge is 2.21. The molecule has 0 atom stereocenters. The largest absolute Gasteiger partial charge is 0.448 e. The molecule has 2 aromatic carbocycles. The molecule has 2 rings (SSSR count). The Balaban J connectivity index is 2.56. The number of hydrogen-bond donors (Lipinski definition) is 2. The molecule has 8 heteroatoms. The van der Waals surface area contributed by atoms with Crippen molar-refractivity contribution < 1.29 is 14.1 Å². The van der Waals surface area contributed by atoms with Gasteiger partial charge in [0.1, 0.15) is 17.4 Å². The van der Waals surface area contributed by atoms with Crippen LogP contribution in [0, 0.1) is 21.3 Å². The van der Waals surface area contributed by atoms with E-state index >= 15 is 0 Å². The van der Waals surface area contributed by atoms with E-state index in [0.29, 0.717) is 4.47 Å². The molecule has 0 radical (unpaired) electrons. The fourth-order valence-electron chi connectivity index (χ4n) is 1.70. The van der Waals surface area contributed by atoms with Crippen LogP contribution in [-0.4, -0.2) is 10.8 Å². The van der Waals surface area contributed by atoms with E-state index in [1.807, 2.05) is 0 Å². The van der Waals surface area contributed by atoms with Crippen molar-refractivity contribution in [3.05, 3.63) is 62.4 Å². The fraction of sp³-hybridized carbons (Fsp3) is 0. The van der Waals surface area contributed by atoms with Gasteiger partial charge in [-0.2, -0.15) is 0 Å². The maximum absolute atomic E-state index is 13.7. The summed E-state index contributed by atoms with van der Waals surface area (Å²) in [5.41, 5.74) is 4.79. The first-order valence-corrected chi connectivity index (χ1v) is 6.44. The Morgan fingerprint density at radius 2 is 2.00 bits per heavy atom. The van der Waals surface area contributed by atoms with Crippen LogP contribution in [0.5, 0.6) is 11.5 Å². The second kappa shape index (κ2) is 5.88. The van der Waals surface area contributed by atoms with Gasteiger partial charge < -0.3 is 10.5 Å². The van der Waals surface area contributed by atoms with Crippen LogP contribution in [0.2, 0.25) is 0 Å². The summed E-state index contributed by atoms with van der Waals surface area (Å²) in [5.74, 6) is -1.43. The summed E-state index contributed by atoms with van der Waals surface area (Å²) in [6.07, 6.45) is 0. The normalized spacial score (nSPS) is 10.2. The predicted molar refractivity (Wildman–Crippen MR) is 78.3 cm³/mol. The van der Waals surface area contributed by atoms with Crippen molar-refractivity contribution in [1.29, 1.82) is 5.41 Å². The Morgan fingerprint density at radius 1 is 1.33 bits per heavy atom. The lowest BCUT2D eigenvalue weighted by Gasteiger charge is -2.12. The molecule has 0 bridgehead atoms. The van der Waals surface area contributed by atoms with Crippen LogP contribution >= 0.6 is 15.9 Å². The number of halogens is 2. The van der Waals surface area contributed by atoms with Crippen LogP contribution in [0.1, 0.15) is 5.56 Å². The van der Waals surface area contributed by atoms with Crippen LogP contribution < -0.4 is 10.5 Å². The van der Waals surface area contributed by atoms with Crippen molar-refractivity contribution in [2.45, 2.75) is 0 Å². The smallest absolute Gasteiger partial charge is 0.312 e. The maximum Gasteiger partial charge on any atom is 0.312 e. The Morgan fingerprint density at radius 3 is 2.62 bits per heavy atom. The quantitative estimate of drug-likeness (QED) is 0.379. The van der Waals surface area contributed by atoms with Crippen LogP contribution in [0.15, 0.2) is 40.9 Å². The lowest BCUT2D eigenvalue weighted by Crippen LogP contribution is -2.14. The van der Waals surface area contributed by atoms with Gasteiger partial charge in [0.25, 0.3) is 0 Å². The first-order valence-electron chi connectivity index (χ1n) is 5.65. The molecular formula is C13H9BrFN3O3. The van der Waals surface area contributed by atoms with Crippen molar-refractivity contribution >= 4 is 27.5 Å². The topological polar surface area (TPSA) is 102 Å². The molecule has 0 heterocycles. The molecule has 2 aromatic rings. The molecule has 0 fully saturated rings. The number of hydrogen-bond acceptors (Lipinski definition) is 4. The highest BCUT2D eigenvalue weighted by molar-refractivity contribution is 9.10. The number of nitro groups is 1. The Kier molecular flexibility index (Phi) is 4.18. The van der Waals surface area contributed by atoms with Crippen molar-refractivity contribution in [3.63, 3.8) is 0 Å². The van der Waals surface area contributed by atoms with Gasteiger partial charge in [0.15, 0.2) is 0 Å².